The van der Waals surface area contributed by atoms with Crippen molar-refractivity contribution in [2.75, 3.05) is 13.2 Å². The van der Waals surface area contributed by atoms with Crippen LogP contribution in [0.4, 0.5) is 0 Å². The summed E-state index contributed by atoms with van der Waals surface area (Å²) in [6, 6.07) is 0. The van der Waals surface area contributed by atoms with E-state index < -0.39 is 0 Å². The Hall–Kier alpha value is -1.06. The summed E-state index contributed by atoms with van der Waals surface area (Å²) in [5.41, 5.74) is 0. The van der Waals surface area contributed by atoms with Gasteiger partial charge in [0, 0.05) is 12.8 Å². The summed E-state index contributed by atoms with van der Waals surface area (Å²) >= 11 is 0. The highest BCUT2D eigenvalue weighted by Crippen LogP contribution is 2.08. The molecule has 0 saturated carbocycles. The molecular weight excluding hydrogens is 328 g/mol. The van der Waals surface area contributed by atoms with E-state index in [1.807, 2.05) is 0 Å². The SMILES string of the molecule is CCCCCCCCCOC(=O)CCCC(=O)OCCCCCCCC. The molecule has 4 heteroatoms. The van der Waals surface area contributed by atoms with Crippen molar-refractivity contribution in [1.29, 1.82) is 0 Å². The van der Waals surface area contributed by atoms with Crippen molar-refractivity contribution in [3.8, 4) is 0 Å². The first kappa shape index (κ1) is 24.9. The molecule has 0 bridgehead atoms. The highest BCUT2D eigenvalue weighted by atomic mass is 16.5. The van der Waals surface area contributed by atoms with Gasteiger partial charge in [0.05, 0.1) is 13.2 Å². The molecule has 0 radical (unpaired) electrons. The van der Waals surface area contributed by atoms with E-state index in [0.29, 0.717) is 32.5 Å². The molecule has 0 amide bonds. The summed E-state index contributed by atoms with van der Waals surface area (Å²) in [6.07, 6.45) is 16.7. The number of esters is 2. The van der Waals surface area contributed by atoms with Crippen LogP contribution in [0.1, 0.15) is 117 Å². The van der Waals surface area contributed by atoms with Gasteiger partial charge in [0.1, 0.15) is 0 Å². The van der Waals surface area contributed by atoms with Gasteiger partial charge in [-0.2, -0.15) is 0 Å². The number of hydrogen-bond acceptors (Lipinski definition) is 4. The Kier molecular flexibility index (Phi) is 19.4. The topological polar surface area (TPSA) is 52.6 Å². The van der Waals surface area contributed by atoms with Gasteiger partial charge in [0.25, 0.3) is 0 Å². The van der Waals surface area contributed by atoms with Gasteiger partial charge in [-0.1, -0.05) is 84.5 Å². The molecule has 4 nitrogen and oxygen atoms in total. The van der Waals surface area contributed by atoms with Gasteiger partial charge >= 0.3 is 11.9 Å². The Bertz CT molecular complexity index is 328. The summed E-state index contributed by atoms with van der Waals surface area (Å²) in [5.74, 6) is -0.391. The van der Waals surface area contributed by atoms with Crippen LogP contribution in [0.3, 0.4) is 0 Å². The van der Waals surface area contributed by atoms with E-state index >= 15 is 0 Å². The van der Waals surface area contributed by atoms with Crippen molar-refractivity contribution in [1.82, 2.24) is 0 Å². The molecule has 0 N–H and O–H groups in total. The fourth-order valence-electron chi connectivity index (χ4n) is 2.83. The number of rotatable bonds is 19. The molecule has 0 unspecified atom stereocenters. The van der Waals surface area contributed by atoms with Crippen molar-refractivity contribution in [2.24, 2.45) is 0 Å². The van der Waals surface area contributed by atoms with E-state index in [0.717, 1.165) is 25.7 Å². The van der Waals surface area contributed by atoms with E-state index in [9.17, 15) is 9.59 Å². The lowest BCUT2D eigenvalue weighted by Gasteiger charge is -2.06. The third kappa shape index (κ3) is 19.3. The van der Waals surface area contributed by atoms with Crippen molar-refractivity contribution in [3.63, 3.8) is 0 Å². The second-order valence-corrected chi connectivity index (χ2v) is 7.18. The minimum atomic E-state index is -0.196. The van der Waals surface area contributed by atoms with Gasteiger partial charge in [-0.15, -0.1) is 0 Å². The molecule has 0 saturated heterocycles. The zero-order valence-electron chi connectivity index (χ0n) is 17.4. The zero-order valence-corrected chi connectivity index (χ0v) is 17.4. The Labute approximate surface area is 161 Å². The lowest BCUT2D eigenvalue weighted by molar-refractivity contribution is -0.145. The van der Waals surface area contributed by atoms with Crippen molar-refractivity contribution in [3.05, 3.63) is 0 Å². The maximum absolute atomic E-state index is 11.6. The van der Waals surface area contributed by atoms with Gasteiger partial charge in [0.15, 0.2) is 0 Å². The van der Waals surface area contributed by atoms with Gasteiger partial charge in [-0.25, -0.2) is 0 Å². The summed E-state index contributed by atoms with van der Waals surface area (Å²) in [4.78, 5) is 23.2. The highest BCUT2D eigenvalue weighted by Gasteiger charge is 2.07. The van der Waals surface area contributed by atoms with Crippen LogP contribution >= 0.6 is 0 Å². The van der Waals surface area contributed by atoms with Crippen LogP contribution in [-0.4, -0.2) is 25.2 Å². The zero-order chi connectivity index (χ0) is 19.3. The molecule has 0 spiro atoms. The molecule has 0 aliphatic rings. The number of carbonyl (C=O) groups is 2. The first-order valence-electron chi connectivity index (χ1n) is 11.0. The van der Waals surface area contributed by atoms with Gasteiger partial charge in [0.2, 0.25) is 0 Å². The van der Waals surface area contributed by atoms with Crippen LogP contribution < -0.4 is 0 Å². The molecule has 0 atom stereocenters. The van der Waals surface area contributed by atoms with Crippen molar-refractivity contribution in [2.45, 2.75) is 117 Å². The average molecular weight is 371 g/mol. The maximum Gasteiger partial charge on any atom is 0.305 e. The molecule has 0 aliphatic heterocycles. The minimum Gasteiger partial charge on any atom is -0.466 e. The monoisotopic (exact) mass is 370 g/mol. The van der Waals surface area contributed by atoms with Gasteiger partial charge in [-0.05, 0) is 19.3 Å². The van der Waals surface area contributed by atoms with E-state index in [-0.39, 0.29) is 11.9 Å². The highest BCUT2D eigenvalue weighted by molar-refractivity contribution is 5.72. The molecule has 0 rings (SSSR count). The third-order valence-corrected chi connectivity index (χ3v) is 4.53. The molecule has 0 aliphatic carbocycles. The van der Waals surface area contributed by atoms with Gasteiger partial charge in [-0.3, -0.25) is 9.59 Å². The quantitative estimate of drug-likeness (QED) is 0.196. The lowest BCUT2D eigenvalue weighted by Crippen LogP contribution is -2.09. The van der Waals surface area contributed by atoms with Gasteiger partial charge < -0.3 is 9.47 Å². The molecule has 0 fully saturated rings. The van der Waals surface area contributed by atoms with E-state index in [1.54, 1.807) is 0 Å². The van der Waals surface area contributed by atoms with Crippen LogP contribution in [0.5, 0.6) is 0 Å². The standard InChI is InChI=1S/C22H42O4/c1-3-5-7-9-11-13-15-20-26-22(24)18-16-17-21(23)25-19-14-12-10-8-6-4-2/h3-20H2,1-2H3. The Morgan fingerprint density at radius 3 is 1.23 bits per heavy atom. The number of carbonyl (C=O) groups excluding carboxylic acids is 2. The fraction of sp³-hybridized carbons (Fsp3) is 0.909. The third-order valence-electron chi connectivity index (χ3n) is 4.53. The van der Waals surface area contributed by atoms with E-state index in [2.05, 4.69) is 13.8 Å². The van der Waals surface area contributed by atoms with E-state index in [4.69, 9.17) is 9.47 Å². The first-order valence-corrected chi connectivity index (χ1v) is 11.0. The van der Waals surface area contributed by atoms with Crippen LogP contribution in [0.25, 0.3) is 0 Å². The summed E-state index contributed by atoms with van der Waals surface area (Å²) in [6.45, 7) is 5.44. The molecule has 0 aromatic heterocycles. The molecule has 0 aromatic carbocycles. The lowest BCUT2D eigenvalue weighted by atomic mass is 10.1. The second kappa shape index (κ2) is 20.3. The van der Waals surface area contributed by atoms with Crippen LogP contribution in [0.2, 0.25) is 0 Å². The number of hydrogen-bond donors (Lipinski definition) is 0. The first-order chi connectivity index (χ1) is 12.7. The predicted octanol–water partition coefficient (Wildman–Crippen LogP) is 6.35. The van der Waals surface area contributed by atoms with Crippen molar-refractivity contribution >= 4 is 11.9 Å². The largest absolute Gasteiger partial charge is 0.466 e. The van der Waals surface area contributed by atoms with Crippen LogP contribution in [-0.2, 0) is 19.1 Å². The second-order valence-electron chi connectivity index (χ2n) is 7.18. The molecule has 154 valence electrons. The summed E-state index contributed by atoms with van der Waals surface area (Å²) in [7, 11) is 0. The minimum absolute atomic E-state index is 0.195. The average Bonchev–Trinajstić information content (AvgIpc) is 2.63. The molecular formula is C22H42O4. The predicted molar refractivity (Wildman–Crippen MR) is 107 cm³/mol. The number of ether oxygens (including phenoxy) is 2. The smallest absolute Gasteiger partial charge is 0.305 e. The van der Waals surface area contributed by atoms with E-state index in [1.165, 1.54) is 57.8 Å². The summed E-state index contributed by atoms with van der Waals surface area (Å²) < 4.78 is 10.4. The Balaban J connectivity index is 3.32. The fourth-order valence-corrected chi connectivity index (χ4v) is 2.83. The normalized spacial score (nSPS) is 10.7. The maximum atomic E-state index is 11.6. The van der Waals surface area contributed by atoms with Crippen LogP contribution in [0, 0.1) is 0 Å². The Morgan fingerprint density at radius 2 is 0.846 bits per heavy atom. The van der Waals surface area contributed by atoms with Crippen LogP contribution in [0.15, 0.2) is 0 Å². The number of unbranched alkanes of at least 4 members (excludes halogenated alkanes) is 11. The molecule has 0 aromatic rings. The Morgan fingerprint density at radius 1 is 0.500 bits per heavy atom. The molecule has 26 heavy (non-hydrogen) atoms. The summed E-state index contributed by atoms with van der Waals surface area (Å²) in [5, 5.41) is 0. The van der Waals surface area contributed by atoms with Crippen molar-refractivity contribution < 1.29 is 19.1 Å². The molecule has 0 heterocycles.